The van der Waals surface area contributed by atoms with E-state index in [0.29, 0.717) is 17.4 Å². The maximum absolute atomic E-state index is 12.6. The summed E-state index contributed by atoms with van der Waals surface area (Å²) >= 11 is 0. The Bertz CT molecular complexity index is 918. The number of phosphoric ester groups is 1. The molecule has 0 aromatic heterocycles. The maximum atomic E-state index is 12.6. The second-order valence-electron chi connectivity index (χ2n) is 14.5. The quantitative estimate of drug-likeness (QED) is 0.0170. The van der Waals surface area contributed by atoms with Crippen LogP contribution in [0.3, 0.4) is 0 Å². The summed E-state index contributed by atoms with van der Waals surface area (Å²) < 4.78 is 34.1. The molecule has 0 saturated carbocycles. The fourth-order valence-corrected chi connectivity index (χ4v) is 5.91. The molecule has 2 atom stereocenters. The van der Waals surface area contributed by atoms with Crippen LogP contribution in [-0.2, 0) is 32.7 Å². The number of hydrogen-bond donors (Lipinski definition) is 1. The highest BCUT2D eigenvalue weighted by Gasteiger charge is 2.27. The lowest BCUT2D eigenvalue weighted by Gasteiger charge is -2.24. The predicted octanol–water partition coefficient (Wildman–Crippen LogP) is 10.6. The Hall–Kier alpha value is -1.51. The first-order valence-electron chi connectivity index (χ1n) is 19.9. The Morgan fingerprint density at radius 2 is 1.12 bits per heavy atom. The highest BCUT2D eigenvalue weighted by Crippen LogP contribution is 2.43. The Balaban J connectivity index is 4.43. The standard InChI is InChI=1S/C40H76NO8P/c1-6-8-10-12-14-16-18-19-20-21-23-25-27-29-31-33-40(43)49-38(37-48-50(44,45)47-35-34-41(3,4)5)36-46-39(42)32-30-28-26-24-22-17-15-13-11-9-7-2/h13,15,19-20,38H,2,6-12,14,16-18,21-37H2,1,3-5H3,(H,44,45)/b15-13-,20-19-/t38-/m1/s1. The van der Waals surface area contributed by atoms with Crippen LogP contribution in [0.2, 0.25) is 0 Å². The van der Waals surface area contributed by atoms with Gasteiger partial charge in [-0.3, -0.25) is 18.6 Å². The third-order valence-corrected chi connectivity index (χ3v) is 9.33. The lowest BCUT2D eigenvalue weighted by molar-refractivity contribution is -0.870. The van der Waals surface area contributed by atoms with Gasteiger partial charge in [-0.2, -0.15) is 6.42 Å². The Morgan fingerprint density at radius 1 is 0.660 bits per heavy atom. The van der Waals surface area contributed by atoms with E-state index < -0.39 is 26.5 Å². The van der Waals surface area contributed by atoms with E-state index in [1.165, 1.54) is 44.9 Å². The van der Waals surface area contributed by atoms with E-state index in [0.717, 1.165) is 89.9 Å². The van der Waals surface area contributed by atoms with Gasteiger partial charge in [0.15, 0.2) is 6.10 Å². The second kappa shape index (κ2) is 33.3. The molecule has 1 unspecified atom stereocenters. The van der Waals surface area contributed by atoms with Gasteiger partial charge in [-0.25, -0.2) is 4.57 Å². The van der Waals surface area contributed by atoms with E-state index in [-0.39, 0.29) is 32.0 Å². The van der Waals surface area contributed by atoms with E-state index in [2.05, 4.69) is 38.2 Å². The molecule has 0 heterocycles. The van der Waals surface area contributed by atoms with Crippen LogP contribution in [0.4, 0.5) is 0 Å². The van der Waals surface area contributed by atoms with Crippen molar-refractivity contribution in [3.8, 4) is 0 Å². The van der Waals surface area contributed by atoms with E-state index in [1.807, 2.05) is 21.1 Å². The normalized spacial score (nSPS) is 14.0. The maximum Gasteiger partial charge on any atom is 0.472 e. The largest absolute Gasteiger partial charge is 0.472 e. The minimum atomic E-state index is -4.37. The van der Waals surface area contributed by atoms with Gasteiger partial charge in [0.05, 0.1) is 27.7 Å². The van der Waals surface area contributed by atoms with Crippen LogP contribution < -0.4 is 0 Å². The first kappa shape index (κ1) is 48.5. The van der Waals surface area contributed by atoms with Crippen LogP contribution in [0.25, 0.3) is 0 Å². The third kappa shape index (κ3) is 36.3. The van der Waals surface area contributed by atoms with Crippen molar-refractivity contribution in [2.45, 2.75) is 167 Å². The highest BCUT2D eigenvalue weighted by molar-refractivity contribution is 7.47. The molecule has 10 heteroatoms. The molecule has 294 valence electrons. The number of quaternary nitrogens is 1. The van der Waals surface area contributed by atoms with E-state index in [1.54, 1.807) is 0 Å². The lowest BCUT2D eigenvalue weighted by atomic mass is 10.1. The van der Waals surface area contributed by atoms with Crippen molar-refractivity contribution < 1.29 is 42.1 Å². The van der Waals surface area contributed by atoms with Gasteiger partial charge < -0.3 is 25.8 Å². The monoisotopic (exact) mass is 730 g/mol. The topological polar surface area (TPSA) is 108 Å². The summed E-state index contributed by atoms with van der Waals surface area (Å²) in [5.41, 5.74) is 0. The third-order valence-electron chi connectivity index (χ3n) is 8.35. The molecule has 0 radical (unpaired) electrons. The van der Waals surface area contributed by atoms with Crippen LogP contribution in [-0.4, -0.2) is 74.9 Å². The van der Waals surface area contributed by atoms with Crippen molar-refractivity contribution in [1.82, 2.24) is 0 Å². The average molecular weight is 730 g/mol. The molecule has 0 aromatic carbocycles. The molecule has 0 aliphatic carbocycles. The fourth-order valence-electron chi connectivity index (χ4n) is 5.16. The van der Waals surface area contributed by atoms with Crippen molar-refractivity contribution in [3.05, 3.63) is 31.2 Å². The minimum absolute atomic E-state index is 0.0276. The molecule has 50 heavy (non-hydrogen) atoms. The van der Waals surface area contributed by atoms with Gasteiger partial charge in [0.1, 0.15) is 19.8 Å². The number of likely N-dealkylation sites (N-methyl/N-ethyl adjacent to an activating group) is 1. The summed E-state index contributed by atoms with van der Waals surface area (Å²) in [5.74, 6) is -0.828. The molecule has 9 nitrogen and oxygen atoms in total. The van der Waals surface area contributed by atoms with Gasteiger partial charge in [-0.05, 0) is 57.8 Å². The molecule has 0 spiro atoms. The van der Waals surface area contributed by atoms with Crippen LogP contribution in [0.1, 0.15) is 161 Å². The van der Waals surface area contributed by atoms with E-state index in [9.17, 15) is 19.0 Å². The Morgan fingerprint density at radius 3 is 1.62 bits per heavy atom. The zero-order chi connectivity index (χ0) is 37.2. The summed E-state index contributed by atoms with van der Waals surface area (Å²) in [6.45, 7) is 5.99. The number of ether oxygens (including phenoxy) is 2. The lowest BCUT2D eigenvalue weighted by Crippen LogP contribution is -2.37. The zero-order valence-electron chi connectivity index (χ0n) is 32.6. The SMILES string of the molecule is [CH2-]CCC/C=C\CCCCCCCC(=O)OC[C@H](COP(=O)(O)OCC[N+](C)(C)C)OC(=O)CCCCCCC/C=C\CCCCCCCC. The molecule has 0 saturated heterocycles. The number of carbonyl (C=O) groups is 2. The smallest absolute Gasteiger partial charge is 0.462 e. The average Bonchev–Trinajstić information content (AvgIpc) is 3.06. The van der Waals surface area contributed by atoms with Gasteiger partial charge in [-0.15, -0.1) is 0 Å². The number of nitrogens with zero attached hydrogens (tertiary/aromatic N) is 1. The van der Waals surface area contributed by atoms with E-state index in [4.69, 9.17) is 18.5 Å². The van der Waals surface area contributed by atoms with Gasteiger partial charge in [0.2, 0.25) is 0 Å². The summed E-state index contributed by atoms with van der Waals surface area (Å²) in [4.78, 5) is 35.2. The van der Waals surface area contributed by atoms with Crippen molar-refractivity contribution in [3.63, 3.8) is 0 Å². The van der Waals surface area contributed by atoms with Gasteiger partial charge in [0, 0.05) is 12.8 Å². The number of esters is 2. The number of hydrogen-bond acceptors (Lipinski definition) is 7. The number of carbonyl (C=O) groups excluding carboxylic acids is 2. The van der Waals surface area contributed by atoms with Crippen molar-refractivity contribution in [2.24, 2.45) is 0 Å². The predicted molar refractivity (Wildman–Crippen MR) is 206 cm³/mol. The van der Waals surface area contributed by atoms with Gasteiger partial charge >= 0.3 is 19.8 Å². The summed E-state index contributed by atoms with van der Waals surface area (Å²) in [7, 11) is 1.46. The second-order valence-corrected chi connectivity index (χ2v) is 16.0. The molecule has 0 fully saturated rings. The van der Waals surface area contributed by atoms with Crippen LogP contribution in [0, 0.1) is 6.92 Å². The first-order valence-corrected chi connectivity index (χ1v) is 21.3. The van der Waals surface area contributed by atoms with E-state index >= 15 is 0 Å². The molecule has 0 bridgehead atoms. The summed E-state index contributed by atoms with van der Waals surface area (Å²) in [6, 6.07) is 0. The molecule has 1 N–H and O–H groups in total. The van der Waals surface area contributed by atoms with Gasteiger partial charge in [0.25, 0.3) is 0 Å². The summed E-state index contributed by atoms with van der Waals surface area (Å²) in [6.07, 6.45) is 33.0. The minimum Gasteiger partial charge on any atom is -0.462 e. The van der Waals surface area contributed by atoms with Crippen molar-refractivity contribution >= 4 is 19.8 Å². The first-order chi connectivity index (χ1) is 24.0. The molecule has 0 rings (SSSR count). The molecule has 0 amide bonds. The number of phosphoric acid groups is 1. The molecular weight excluding hydrogens is 653 g/mol. The Kier molecular flexibility index (Phi) is 32.3. The van der Waals surface area contributed by atoms with Gasteiger partial charge in [-0.1, -0.05) is 108 Å². The highest BCUT2D eigenvalue weighted by atomic mass is 31.2. The fraction of sp³-hybridized carbons (Fsp3) is 0.825. The Labute approximate surface area is 307 Å². The van der Waals surface area contributed by atoms with Crippen LogP contribution in [0.5, 0.6) is 0 Å². The number of unbranched alkanes of at least 4 members (excludes halogenated alkanes) is 18. The number of allylic oxidation sites excluding steroid dienone is 4. The molecule has 0 aromatic rings. The van der Waals surface area contributed by atoms with Crippen LogP contribution in [0.15, 0.2) is 24.3 Å². The van der Waals surface area contributed by atoms with Crippen molar-refractivity contribution in [2.75, 3.05) is 47.5 Å². The molecular formula is C40H76NO8P. The molecule has 0 aliphatic rings. The van der Waals surface area contributed by atoms with Crippen molar-refractivity contribution in [1.29, 1.82) is 0 Å². The van der Waals surface area contributed by atoms with Crippen LogP contribution >= 0.6 is 7.82 Å². The zero-order valence-corrected chi connectivity index (χ0v) is 33.5. The number of rotatable bonds is 36. The molecule has 0 aliphatic heterocycles. The summed E-state index contributed by atoms with van der Waals surface area (Å²) in [5, 5.41) is 0.